The summed E-state index contributed by atoms with van der Waals surface area (Å²) in [6.45, 7) is 8.08. The van der Waals surface area contributed by atoms with Gasteiger partial charge in [-0.1, -0.05) is 48.2 Å². The molecule has 3 rings (SSSR count). The van der Waals surface area contributed by atoms with Gasteiger partial charge in [0.1, 0.15) is 11.9 Å². The minimum atomic E-state index is -0.582. The monoisotopic (exact) mass is 458 g/mol. The molecule has 2 aromatic carbocycles. The number of hydrogen-bond donors (Lipinski definition) is 0. The maximum Gasteiger partial charge on any atom is 0.311 e. The van der Waals surface area contributed by atoms with Crippen molar-refractivity contribution in [1.82, 2.24) is 0 Å². The molecule has 2 atom stereocenters. The summed E-state index contributed by atoms with van der Waals surface area (Å²) in [5.74, 6) is 1.21. The van der Waals surface area contributed by atoms with Crippen LogP contribution in [0, 0.1) is 5.41 Å². The Balaban J connectivity index is 1.92. The van der Waals surface area contributed by atoms with Crippen LogP contribution < -0.4 is 0 Å². The highest BCUT2D eigenvalue weighted by Crippen LogP contribution is 2.41. The van der Waals surface area contributed by atoms with Crippen molar-refractivity contribution in [2.75, 3.05) is 12.4 Å². The number of rotatable bonds is 8. The Morgan fingerprint density at radius 3 is 2.23 bits per heavy atom. The lowest BCUT2D eigenvalue weighted by molar-refractivity contribution is -0.170. The predicted molar refractivity (Wildman–Crippen MR) is 127 cm³/mol. The lowest BCUT2D eigenvalue weighted by atomic mass is 9.97. The minimum Gasteiger partial charge on any atom is -0.467 e. The average Bonchev–Trinajstić information content (AvgIpc) is 2.75. The standard InChI is InChI=1S/C25H30O4S2/c1-5-27-22-16-20(29-24(26)25(2,3)4)23(31-19-14-10-7-11-15-19)21(28-22)17-30-18-12-8-6-9-13-18/h6-15,20,22H,5,16-17H2,1-4H3/t20-,22-/m1/s1. The molecule has 4 nitrogen and oxygen atoms in total. The van der Waals surface area contributed by atoms with Gasteiger partial charge >= 0.3 is 5.97 Å². The molecule has 2 aromatic rings. The molecule has 0 unspecified atom stereocenters. The zero-order chi connectivity index (χ0) is 22.3. The van der Waals surface area contributed by atoms with Crippen LogP contribution in [0.25, 0.3) is 0 Å². The molecular formula is C25H30O4S2. The summed E-state index contributed by atoms with van der Waals surface area (Å²) in [6.07, 6.45) is -0.368. The Bertz CT molecular complexity index is 875. The molecule has 166 valence electrons. The quantitative estimate of drug-likeness (QED) is 0.331. The van der Waals surface area contributed by atoms with Crippen LogP contribution in [0.1, 0.15) is 34.1 Å². The number of carbonyl (C=O) groups excluding carboxylic acids is 1. The first-order valence-corrected chi connectivity index (χ1v) is 12.3. The second-order valence-corrected chi connectivity index (χ2v) is 10.4. The van der Waals surface area contributed by atoms with E-state index in [1.165, 1.54) is 0 Å². The van der Waals surface area contributed by atoms with E-state index in [4.69, 9.17) is 14.2 Å². The van der Waals surface area contributed by atoms with Crippen LogP contribution >= 0.6 is 23.5 Å². The van der Waals surface area contributed by atoms with Crippen LogP contribution in [0.2, 0.25) is 0 Å². The van der Waals surface area contributed by atoms with Gasteiger partial charge in [0.05, 0.1) is 22.5 Å². The largest absolute Gasteiger partial charge is 0.467 e. The van der Waals surface area contributed by atoms with Crippen molar-refractivity contribution in [1.29, 1.82) is 0 Å². The van der Waals surface area contributed by atoms with E-state index in [0.29, 0.717) is 18.8 Å². The maximum atomic E-state index is 12.7. The van der Waals surface area contributed by atoms with E-state index < -0.39 is 17.8 Å². The predicted octanol–water partition coefficient (Wildman–Crippen LogP) is 6.52. The molecule has 31 heavy (non-hydrogen) atoms. The van der Waals surface area contributed by atoms with Crippen LogP contribution in [0.3, 0.4) is 0 Å². The Morgan fingerprint density at radius 2 is 1.65 bits per heavy atom. The summed E-state index contributed by atoms with van der Waals surface area (Å²) < 4.78 is 18.1. The first-order chi connectivity index (χ1) is 14.9. The highest BCUT2D eigenvalue weighted by atomic mass is 32.2. The van der Waals surface area contributed by atoms with Crippen molar-refractivity contribution in [3.05, 3.63) is 71.3 Å². The first-order valence-electron chi connectivity index (χ1n) is 10.5. The van der Waals surface area contributed by atoms with Crippen LogP contribution in [0.4, 0.5) is 0 Å². The molecule has 0 aromatic heterocycles. The van der Waals surface area contributed by atoms with Crippen molar-refractivity contribution in [3.8, 4) is 0 Å². The summed E-state index contributed by atoms with van der Waals surface area (Å²) in [5, 5.41) is 0. The summed E-state index contributed by atoms with van der Waals surface area (Å²) >= 11 is 3.29. The van der Waals surface area contributed by atoms with Crippen LogP contribution in [0.5, 0.6) is 0 Å². The van der Waals surface area contributed by atoms with Crippen LogP contribution in [0.15, 0.2) is 81.1 Å². The molecular weight excluding hydrogens is 428 g/mol. The summed E-state index contributed by atoms with van der Waals surface area (Å²) in [6, 6.07) is 20.3. The first kappa shape index (κ1) is 23.8. The molecule has 0 N–H and O–H groups in total. The van der Waals surface area contributed by atoms with Gasteiger partial charge in [-0.25, -0.2) is 0 Å². The molecule has 0 aliphatic carbocycles. The number of ether oxygens (including phenoxy) is 3. The van der Waals surface area contributed by atoms with Gasteiger partial charge in [0.2, 0.25) is 6.29 Å². The molecule has 0 saturated carbocycles. The summed E-state index contributed by atoms with van der Waals surface area (Å²) in [5.41, 5.74) is -0.582. The third kappa shape index (κ3) is 7.06. The van der Waals surface area contributed by atoms with Crippen molar-refractivity contribution in [2.45, 2.75) is 56.3 Å². The molecule has 1 aliphatic rings. The van der Waals surface area contributed by atoms with E-state index in [0.717, 1.165) is 20.5 Å². The highest BCUT2D eigenvalue weighted by Gasteiger charge is 2.36. The van der Waals surface area contributed by atoms with Gasteiger partial charge in [0.15, 0.2) is 0 Å². The van der Waals surface area contributed by atoms with Gasteiger partial charge in [-0.05, 0) is 52.0 Å². The Labute approximate surface area is 193 Å². The highest BCUT2D eigenvalue weighted by molar-refractivity contribution is 8.03. The number of thioether (sulfide) groups is 2. The molecule has 0 amide bonds. The van der Waals surface area contributed by atoms with Crippen molar-refractivity contribution in [2.24, 2.45) is 5.41 Å². The molecule has 1 aliphatic heterocycles. The van der Waals surface area contributed by atoms with E-state index in [9.17, 15) is 4.79 Å². The van der Waals surface area contributed by atoms with E-state index in [2.05, 4.69) is 24.3 Å². The molecule has 6 heteroatoms. The summed E-state index contributed by atoms with van der Waals surface area (Å²) in [4.78, 5) is 15.9. The van der Waals surface area contributed by atoms with Crippen molar-refractivity contribution < 1.29 is 19.0 Å². The normalized spacial score (nSPS) is 19.1. The van der Waals surface area contributed by atoms with E-state index >= 15 is 0 Å². The number of carbonyl (C=O) groups is 1. The van der Waals surface area contributed by atoms with Gasteiger partial charge in [-0.2, -0.15) is 0 Å². The molecule has 0 fully saturated rings. The van der Waals surface area contributed by atoms with Crippen LogP contribution in [-0.4, -0.2) is 30.7 Å². The molecule has 1 heterocycles. The van der Waals surface area contributed by atoms with Crippen molar-refractivity contribution >= 4 is 29.5 Å². The van der Waals surface area contributed by atoms with Crippen molar-refractivity contribution in [3.63, 3.8) is 0 Å². The average molecular weight is 459 g/mol. The third-order valence-electron chi connectivity index (χ3n) is 4.55. The SMILES string of the molecule is CCO[C@H]1C[C@@H](OC(=O)C(C)(C)C)C(Sc2ccccc2)=C(CSc2ccccc2)O1. The maximum absolute atomic E-state index is 12.7. The lowest BCUT2D eigenvalue weighted by Crippen LogP contribution is -2.36. The Kier molecular flexibility index (Phi) is 8.52. The van der Waals surface area contributed by atoms with Gasteiger partial charge < -0.3 is 14.2 Å². The molecule has 0 bridgehead atoms. The lowest BCUT2D eigenvalue weighted by Gasteiger charge is -2.34. The van der Waals surface area contributed by atoms with E-state index in [-0.39, 0.29) is 5.97 Å². The van der Waals surface area contributed by atoms with E-state index in [1.54, 1.807) is 23.5 Å². The smallest absolute Gasteiger partial charge is 0.311 e. The van der Waals surface area contributed by atoms with Gasteiger partial charge in [-0.15, -0.1) is 11.8 Å². The Morgan fingerprint density at radius 1 is 1.03 bits per heavy atom. The van der Waals surface area contributed by atoms with Gasteiger partial charge in [0, 0.05) is 16.4 Å². The van der Waals surface area contributed by atoms with Gasteiger partial charge in [-0.3, -0.25) is 4.79 Å². The van der Waals surface area contributed by atoms with E-state index in [1.807, 2.05) is 64.1 Å². The number of benzene rings is 2. The third-order valence-corrected chi connectivity index (χ3v) is 6.78. The second kappa shape index (κ2) is 11.1. The minimum absolute atomic E-state index is 0.226. The number of hydrogen-bond acceptors (Lipinski definition) is 6. The Hall–Kier alpha value is -1.89. The fourth-order valence-corrected chi connectivity index (χ4v) is 4.95. The fourth-order valence-electron chi connectivity index (χ4n) is 2.93. The topological polar surface area (TPSA) is 44.8 Å². The molecule has 0 radical (unpaired) electrons. The molecule has 0 spiro atoms. The summed E-state index contributed by atoms with van der Waals surface area (Å²) in [7, 11) is 0. The zero-order valence-electron chi connectivity index (χ0n) is 18.5. The zero-order valence-corrected chi connectivity index (χ0v) is 20.1. The molecule has 0 saturated heterocycles. The van der Waals surface area contributed by atoms with Crippen LogP contribution in [-0.2, 0) is 19.0 Å². The van der Waals surface area contributed by atoms with Gasteiger partial charge in [0.25, 0.3) is 0 Å². The second-order valence-electron chi connectivity index (χ2n) is 8.19. The number of esters is 1. The fraction of sp³-hybridized carbons (Fsp3) is 0.400.